The summed E-state index contributed by atoms with van der Waals surface area (Å²) in [6.07, 6.45) is 3.74. The molecule has 0 spiro atoms. The third-order valence-corrected chi connectivity index (χ3v) is 4.22. The molecule has 1 atom stereocenters. The van der Waals surface area contributed by atoms with Crippen molar-refractivity contribution in [1.29, 1.82) is 0 Å². The molecule has 0 N–H and O–H groups in total. The molecular weight excluding hydrogens is 258 g/mol. The molecule has 0 radical (unpaired) electrons. The van der Waals surface area contributed by atoms with Crippen molar-refractivity contribution >= 4 is 28.2 Å². The second-order valence-electron chi connectivity index (χ2n) is 5.38. The van der Waals surface area contributed by atoms with Crippen LogP contribution in [0.5, 0.6) is 0 Å². The van der Waals surface area contributed by atoms with Crippen LogP contribution in [0.1, 0.15) is 26.2 Å². The summed E-state index contributed by atoms with van der Waals surface area (Å²) in [6.45, 7) is 4.45. The molecular formula is C15H18ClN3. The summed E-state index contributed by atoms with van der Waals surface area (Å²) in [5.41, 5.74) is 0. The number of fused-ring (bicyclic) bond motifs is 1. The summed E-state index contributed by atoms with van der Waals surface area (Å²) >= 11 is 6.13. The Morgan fingerprint density at radius 3 is 2.74 bits per heavy atom. The molecule has 0 amide bonds. The van der Waals surface area contributed by atoms with Gasteiger partial charge in [0.1, 0.15) is 0 Å². The summed E-state index contributed by atoms with van der Waals surface area (Å²) in [7, 11) is 0. The quantitative estimate of drug-likeness (QED) is 0.790. The van der Waals surface area contributed by atoms with Gasteiger partial charge in [0.15, 0.2) is 11.0 Å². The maximum absolute atomic E-state index is 6.13. The normalized spacial score (nSPS) is 20.5. The van der Waals surface area contributed by atoms with Gasteiger partial charge in [-0.25, -0.2) is 0 Å². The van der Waals surface area contributed by atoms with Crippen molar-refractivity contribution in [2.45, 2.75) is 26.2 Å². The number of nitrogens with zero attached hydrogens (tertiary/aromatic N) is 3. The monoisotopic (exact) mass is 275 g/mol. The van der Waals surface area contributed by atoms with Gasteiger partial charge in [0, 0.05) is 23.9 Å². The summed E-state index contributed by atoms with van der Waals surface area (Å²) in [6, 6.07) is 8.12. The van der Waals surface area contributed by atoms with E-state index in [1.807, 2.05) is 18.2 Å². The molecule has 3 nitrogen and oxygen atoms in total. The van der Waals surface area contributed by atoms with Crippen molar-refractivity contribution in [2.24, 2.45) is 5.92 Å². The van der Waals surface area contributed by atoms with Crippen molar-refractivity contribution in [3.8, 4) is 0 Å². The second kappa shape index (κ2) is 5.33. The zero-order chi connectivity index (χ0) is 13.2. The van der Waals surface area contributed by atoms with Crippen molar-refractivity contribution in [3.63, 3.8) is 0 Å². The molecule has 1 aromatic carbocycles. The number of aromatic nitrogens is 2. The predicted octanol–water partition coefficient (Wildman–Crippen LogP) is 3.91. The number of anilines is 1. The third-order valence-electron chi connectivity index (χ3n) is 3.94. The summed E-state index contributed by atoms with van der Waals surface area (Å²) < 4.78 is 0. The Hall–Kier alpha value is -1.35. The average molecular weight is 276 g/mol. The Morgan fingerprint density at radius 2 is 1.89 bits per heavy atom. The lowest BCUT2D eigenvalue weighted by Crippen LogP contribution is -2.25. The smallest absolute Gasteiger partial charge is 0.159 e. The van der Waals surface area contributed by atoms with Gasteiger partial charge in [-0.2, -0.15) is 0 Å². The fourth-order valence-electron chi connectivity index (χ4n) is 2.77. The van der Waals surface area contributed by atoms with Gasteiger partial charge in [-0.15, -0.1) is 10.2 Å². The first kappa shape index (κ1) is 12.7. The minimum atomic E-state index is 0.488. The predicted molar refractivity (Wildman–Crippen MR) is 79.8 cm³/mol. The first-order valence-corrected chi connectivity index (χ1v) is 7.29. The van der Waals surface area contributed by atoms with Gasteiger partial charge in [0.05, 0.1) is 0 Å². The van der Waals surface area contributed by atoms with E-state index in [4.69, 9.17) is 11.6 Å². The lowest BCUT2D eigenvalue weighted by Gasteiger charge is -2.22. The molecule has 1 aromatic heterocycles. The molecule has 0 aliphatic carbocycles. The highest BCUT2D eigenvalue weighted by molar-refractivity contribution is 6.34. The summed E-state index contributed by atoms with van der Waals surface area (Å²) in [5.74, 6) is 1.78. The van der Waals surface area contributed by atoms with Gasteiger partial charge in [-0.1, -0.05) is 42.8 Å². The first-order chi connectivity index (χ1) is 9.25. The van der Waals surface area contributed by atoms with Gasteiger partial charge in [-0.05, 0) is 25.2 Å². The molecule has 19 heavy (non-hydrogen) atoms. The molecule has 1 fully saturated rings. The molecule has 0 bridgehead atoms. The van der Waals surface area contributed by atoms with Crippen LogP contribution in [0.3, 0.4) is 0 Å². The van der Waals surface area contributed by atoms with Crippen LogP contribution in [0.15, 0.2) is 24.3 Å². The lowest BCUT2D eigenvalue weighted by atomic mass is 10.0. The molecule has 3 rings (SSSR count). The van der Waals surface area contributed by atoms with Crippen LogP contribution in [-0.2, 0) is 0 Å². The number of rotatable bonds is 1. The second-order valence-corrected chi connectivity index (χ2v) is 5.74. The Bertz CT molecular complexity index is 585. The molecule has 0 saturated carbocycles. The van der Waals surface area contributed by atoms with E-state index in [0.717, 1.165) is 35.6 Å². The van der Waals surface area contributed by atoms with Crippen LogP contribution in [0, 0.1) is 5.92 Å². The van der Waals surface area contributed by atoms with E-state index in [9.17, 15) is 0 Å². The van der Waals surface area contributed by atoms with Crippen molar-refractivity contribution in [2.75, 3.05) is 18.0 Å². The molecule has 4 heteroatoms. The average Bonchev–Trinajstić information content (AvgIpc) is 2.65. The van der Waals surface area contributed by atoms with Crippen LogP contribution in [0.2, 0.25) is 5.15 Å². The van der Waals surface area contributed by atoms with E-state index in [-0.39, 0.29) is 0 Å². The molecule has 1 aliphatic rings. The minimum absolute atomic E-state index is 0.488. The van der Waals surface area contributed by atoms with Crippen molar-refractivity contribution in [1.82, 2.24) is 10.2 Å². The van der Waals surface area contributed by atoms with E-state index in [0.29, 0.717) is 5.15 Å². The summed E-state index contributed by atoms with van der Waals surface area (Å²) in [5, 5.41) is 11.0. The maximum atomic E-state index is 6.13. The maximum Gasteiger partial charge on any atom is 0.159 e. The molecule has 100 valence electrons. The lowest BCUT2D eigenvalue weighted by molar-refractivity contribution is 0.521. The fourth-order valence-corrected chi connectivity index (χ4v) is 2.97. The topological polar surface area (TPSA) is 29.0 Å². The molecule has 2 heterocycles. The van der Waals surface area contributed by atoms with Gasteiger partial charge < -0.3 is 4.90 Å². The van der Waals surface area contributed by atoms with E-state index >= 15 is 0 Å². The highest BCUT2D eigenvalue weighted by atomic mass is 35.5. The fraction of sp³-hybridized carbons (Fsp3) is 0.467. The Kier molecular flexibility index (Phi) is 3.56. The van der Waals surface area contributed by atoms with Crippen LogP contribution in [-0.4, -0.2) is 23.3 Å². The molecule has 1 saturated heterocycles. The zero-order valence-electron chi connectivity index (χ0n) is 11.1. The van der Waals surface area contributed by atoms with Gasteiger partial charge >= 0.3 is 0 Å². The summed E-state index contributed by atoms with van der Waals surface area (Å²) in [4.78, 5) is 2.36. The highest BCUT2D eigenvalue weighted by Gasteiger charge is 2.18. The van der Waals surface area contributed by atoms with Gasteiger partial charge in [0.2, 0.25) is 0 Å². The van der Waals surface area contributed by atoms with Crippen molar-refractivity contribution in [3.05, 3.63) is 29.4 Å². The molecule has 2 aromatic rings. The van der Waals surface area contributed by atoms with Crippen LogP contribution >= 0.6 is 11.6 Å². The largest absolute Gasteiger partial charge is 0.355 e. The van der Waals surface area contributed by atoms with Gasteiger partial charge in [-0.3, -0.25) is 0 Å². The van der Waals surface area contributed by atoms with Crippen molar-refractivity contribution < 1.29 is 0 Å². The van der Waals surface area contributed by atoms with Crippen LogP contribution < -0.4 is 4.90 Å². The van der Waals surface area contributed by atoms with Gasteiger partial charge in [0.25, 0.3) is 0 Å². The number of benzene rings is 1. The Labute approximate surface area is 118 Å². The number of hydrogen-bond acceptors (Lipinski definition) is 3. The number of hydrogen-bond donors (Lipinski definition) is 0. The van der Waals surface area contributed by atoms with Crippen LogP contribution in [0.4, 0.5) is 5.82 Å². The minimum Gasteiger partial charge on any atom is -0.355 e. The zero-order valence-corrected chi connectivity index (χ0v) is 11.9. The number of halogens is 1. The Balaban J connectivity index is 2.02. The van der Waals surface area contributed by atoms with E-state index in [1.54, 1.807) is 0 Å². The SMILES string of the molecule is CC1CCCN(c2nnc(Cl)c3ccccc23)CC1. The Morgan fingerprint density at radius 1 is 1.11 bits per heavy atom. The third kappa shape index (κ3) is 2.52. The standard InChI is InChI=1S/C15H18ClN3/c1-11-5-4-9-19(10-8-11)15-13-7-3-2-6-12(13)14(16)17-18-15/h2-3,6-7,11H,4-5,8-10H2,1H3. The molecule has 1 aliphatic heterocycles. The first-order valence-electron chi connectivity index (χ1n) is 6.91. The molecule has 1 unspecified atom stereocenters. The van der Waals surface area contributed by atoms with E-state index in [2.05, 4.69) is 28.1 Å². The highest BCUT2D eigenvalue weighted by Crippen LogP contribution is 2.30. The van der Waals surface area contributed by atoms with E-state index < -0.39 is 0 Å². The van der Waals surface area contributed by atoms with Crippen LogP contribution in [0.25, 0.3) is 10.8 Å². The van der Waals surface area contributed by atoms with E-state index in [1.165, 1.54) is 19.3 Å².